The maximum atomic E-state index is 14.1. The molecule has 0 unspecified atom stereocenters. The Hall–Kier alpha value is -1.71. The van der Waals surface area contributed by atoms with Crippen molar-refractivity contribution in [3.63, 3.8) is 0 Å². The zero-order valence-corrected chi connectivity index (χ0v) is 16.4. The molecule has 0 bridgehead atoms. The first-order valence-corrected chi connectivity index (χ1v) is 10.8. The number of guanidine groups is 1. The molecule has 0 radical (unpaired) electrons. The van der Waals surface area contributed by atoms with E-state index in [0.717, 1.165) is 18.4 Å². The molecule has 150 valence electrons. The van der Waals surface area contributed by atoms with Crippen LogP contribution in [0, 0.1) is 5.82 Å². The summed E-state index contributed by atoms with van der Waals surface area (Å²) in [5, 5.41) is 6.25. The van der Waals surface area contributed by atoms with Crippen molar-refractivity contribution in [1.29, 1.82) is 0 Å². The highest BCUT2D eigenvalue weighted by Crippen LogP contribution is 2.48. The van der Waals surface area contributed by atoms with E-state index < -0.39 is 10.0 Å². The Balaban J connectivity index is 1.48. The van der Waals surface area contributed by atoms with E-state index in [9.17, 15) is 12.8 Å². The molecule has 1 aliphatic carbocycles. The maximum Gasteiger partial charge on any atom is 0.215 e. The Morgan fingerprint density at radius 1 is 1.26 bits per heavy atom. The van der Waals surface area contributed by atoms with Crippen LogP contribution in [0.3, 0.4) is 0 Å². The van der Waals surface area contributed by atoms with Gasteiger partial charge >= 0.3 is 0 Å². The molecule has 0 spiro atoms. The van der Waals surface area contributed by atoms with Crippen LogP contribution in [0.25, 0.3) is 0 Å². The van der Waals surface area contributed by atoms with Crippen molar-refractivity contribution in [2.45, 2.75) is 18.3 Å². The lowest BCUT2D eigenvalue weighted by atomic mass is 9.95. The number of ether oxygens (including phenoxy) is 1. The van der Waals surface area contributed by atoms with Crippen LogP contribution in [-0.4, -0.2) is 70.9 Å². The molecule has 0 aromatic heterocycles. The summed E-state index contributed by atoms with van der Waals surface area (Å²) in [6, 6.07) is 6.86. The molecule has 1 aliphatic heterocycles. The predicted octanol–water partition coefficient (Wildman–Crippen LogP) is 0.684. The van der Waals surface area contributed by atoms with Gasteiger partial charge in [-0.1, -0.05) is 18.2 Å². The second kappa shape index (κ2) is 8.53. The quantitative estimate of drug-likeness (QED) is 0.522. The molecule has 1 saturated heterocycles. The van der Waals surface area contributed by atoms with Gasteiger partial charge in [-0.3, -0.25) is 4.99 Å². The van der Waals surface area contributed by atoms with Crippen LogP contribution < -0.4 is 10.6 Å². The lowest BCUT2D eigenvalue weighted by Crippen LogP contribution is -2.46. The Morgan fingerprint density at radius 2 is 1.96 bits per heavy atom. The number of halogens is 1. The summed E-state index contributed by atoms with van der Waals surface area (Å²) in [4.78, 5) is 4.14. The molecule has 2 fully saturated rings. The van der Waals surface area contributed by atoms with E-state index in [1.165, 1.54) is 10.4 Å². The molecular weight excluding hydrogens is 371 g/mol. The van der Waals surface area contributed by atoms with E-state index in [2.05, 4.69) is 15.6 Å². The normalized spacial score (nSPS) is 20.3. The number of nitrogens with one attached hydrogen (secondary N) is 2. The Kier molecular flexibility index (Phi) is 6.33. The van der Waals surface area contributed by atoms with Gasteiger partial charge in [-0.25, -0.2) is 12.8 Å². The summed E-state index contributed by atoms with van der Waals surface area (Å²) in [5.74, 6) is 0.331. The third kappa shape index (κ3) is 4.97. The van der Waals surface area contributed by atoms with Gasteiger partial charge in [0.1, 0.15) is 5.82 Å². The highest BCUT2D eigenvalue weighted by molar-refractivity contribution is 7.89. The minimum absolute atomic E-state index is 0.00778. The van der Waals surface area contributed by atoms with E-state index in [0.29, 0.717) is 38.8 Å². The number of sulfonamides is 1. The smallest absolute Gasteiger partial charge is 0.215 e. The molecule has 1 aromatic carbocycles. The Bertz CT molecular complexity index is 775. The molecule has 27 heavy (non-hydrogen) atoms. The molecule has 1 heterocycles. The van der Waals surface area contributed by atoms with Crippen molar-refractivity contribution >= 4 is 16.0 Å². The van der Waals surface area contributed by atoms with Gasteiger partial charge in [-0.2, -0.15) is 4.31 Å². The number of morpholine rings is 1. The van der Waals surface area contributed by atoms with Crippen LogP contribution in [0.1, 0.15) is 18.4 Å². The van der Waals surface area contributed by atoms with Gasteiger partial charge in [-0.05, 0) is 24.5 Å². The first-order valence-electron chi connectivity index (χ1n) is 9.22. The van der Waals surface area contributed by atoms with Crippen molar-refractivity contribution in [1.82, 2.24) is 14.9 Å². The van der Waals surface area contributed by atoms with Gasteiger partial charge in [0.25, 0.3) is 0 Å². The van der Waals surface area contributed by atoms with Crippen molar-refractivity contribution in [3.05, 3.63) is 35.6 Å². The van der Waals surface area contributed by atoms with Crippen LogP contribution in [0.2, 0.25) is 0 Å². The van der Waals surface area contributed by atoms with E-state index in [-0.39, 0.29) is 23.5 Å². The summed E-state index contributed by atoms with van der Waals surface area (Å²) in [7, 11) is -1.67. The second-order valence-electron chi connectivity index (χ2n) is 6.94. The number of aliphatic imine (C=N–C) groups is 1. The lowest BCUT2D eigenvalue weighted by molar-refractivity contribution is 0.0730. The number of nitrogens with zero attached hydrogens (tertiary/aromatic N) is 2. The fourth-order valence-electron chi connectivity index (χ4n) is 3.31. The van der Waals surface area contributed by atoms with Gasteiger partial charge in [0.05, 0.1) is 19.0 Å². The first kappa shape index (κ1) is 20.0. The van der Waals surface area contributed by atoms with Crippen LogP contribution in [0.15, 0.2) is 29.3 Å². The fourth-order valence-corrected chi connectivity index (χ4v) is 4.63. The van der Waals surface area contributed by atoms with E-state index >= 15 is 0 Å². The largest absolute Gasteiger partial charge is 0.379 e. The van der Waals surface area contributed by atoms with Gasteiger partial charge < -0.3 is 15.4 Å². The van der Waals surface area contributed by atoms with E-state index in [4.69, 9.17) is 4.74 Å². The fraction of sp³-hybridized carbons (Fsp3) is 0.611. The van der Waals surface area contributed by atoms with E-state index in [1.54, 1.807) is 13.1 Å². The molecular formula is C18H27FN4O3S. The molecule has 0 amide bonds. The molecule has 3 rings (SSSR count). The van der Waals surface area contributed by atoms with Gasteiger partial charge in [0.15, 0.2) is 5.96 Å². The minimum atomic E-state index is -3.31. The topological polar surface area (TPSA) is 83.0 Å². The number of hydrogen-bond acceptors (Lipinski definition) is 4. The monoisotopic (exact) mass is 398 g/mol. The Morgan fingerprint density at radius 3 is 2.59 bits per heavy atom. The highest BCUT2D eigenvalue weighted by atomic mass is 32.2. The van der Waals surface area contributed by atoms with Crippen LogP contribution in [-0.2, 0) is 20.2 Å². The molecule has 7 nitrogen and oxygen atoms in total. The van der Waals surface area contributed by atoms with Crippen molar-refractivity contribution < 1.29 is 17.5 Å². The lowest BCUT2D eigenvalue weighted by Gasteiger charge is -2.26. The molecule has 9 heteroatoms. The van der Waals surface area contributed by atoms with Crippen LogP contribution in [0.4, 0.5) is 4.39 Å². The average Bonchev–Trinajstić information content (AvgIpc) is 3.46. The van der Waals surface area contributed by atoms with Gasteiger partial charge in [0, 0.05) is 38.6 Å². The molecule has 1 aromatic rings. The summed E-state index contributed by atoms with van der Waals surface area (Å²) >= 11 is 0. The summed E-state index contributed by atoms with van der Waals surface area (Å²) in [6.07, 6.45) is 1.84. The van der Waals surface area contributed by atoms with Crippen LogP contribution in [0.5, 0.6) is 0 Å². The predicted molar refractivity (Wildman–Crippen MR) is 103 cm³/mol. The van der Waals surface area contributed by atoms with Crippen molar-refractivity contribution in [3.8, 4) is 0 Å². The number of hydrogen-bond donors (Lipinski definition) is 2. The summed E-state index contributed by atoms with van der Waals surface area (Å²) in [6.45, 7) is 2.50. The first-order chi connectivity index (χ1) is 13.0. The third-order valence-corrected chi connectivity index (χ3v) is 7.00. The molecule has 0 atom stereocenters. The third-order valence-electron chi connectivity index (χ3n) is 5.13. The average molecular weight is 399 g/mol. The van der Waals surface area contributed by atoms with Crippen LogP contribution >= 0.6 is 0 Å². The second-order valence-corrected chi connectivity index (χ2v) is 9.03. The minimum Gasteiger partial charge on any atom is -0.379 e. The zero-order valence-electron chi connectivity index (χ0n) is 15.6. The number of benzene rings is 1. The molecule has 2 N–H and O–H groups in total. The number of rotatable bonds is 7. The maximum absolute atomic E-state index is 14.1. The standard InChI is InChI=1S/C18H27FN4O3S/c1-20-17(21-8-13-27(24,25)23-9-11-26-12-10-23)22-14-18(6-7-18)15-4-2-3-5-16(15)19/h2-5H,6-14H2,1H3,(H2,20,21,22). The Labute approximate surface area is 160 Å². The van der Waals surface area contributed by atoms with Gasteiger partial charge in [0.2, 0.25) is 10.0 Å². The molecule has 2 aliphatic rings. The highest BCUT2D eigenvalue weighted by Gasteiger charge is 2.45. The van der Waals surface area contributed by atoms with Crippen molar-refractivity contribution in [2.24, 2.45) is 4.99 Å². The molecule has 1 saturated carbocycles. The van der Waals surface area contributed by atoms with Crippen molar-refractivity contribution in [2.75, 3.05) is 52.2 Å². The SMILES string of the molecule is CN=C(NCCS(=O)(=O)N1CCOCC1)NCC1(c2ccccc2F)CC1. The zero-order chi connectivity index (χ0) is 19.3. The summed E-state index contributed by atoms with van der Waals surface area (Å²) < 4.78 is 45.4. The summed E-state index contributed by atoms with van der Waals surface area (Å²) in [5.41, 5.74) is 0.519. The van der Waals surface area contributed by atoms with E-state index in [1.807, 2.05) is 12.1 Å². The van der Waals surface area contributed by atoms with Gasteiger partial charge in [-0.15, -0.1) is 0 Å².